The lowest BCUT2D eigenvalue weighted by Crippen LogP contribution is -2.51. The molecule has 3 fully saturated rings. The van der Waals surface area contributed by atoms with Gasteiger partial charge in [-0.15, -0.1) is 0 Å². The molecule has 4 rings (SSSR count). The zero-order chi connectivity index (χ0) is 17.1. The fourth-order valence-corrected chi connectivity index (χ4v) is 7.36. The molecule has 0 aromatic rings. The van der Waals surface area contributed by atoms with Gasteiger partial charge in [0, 0.05) is 6.42 Å². The summed E-state index contributed by atoms with van der Waals surface area (Å²) < 4.78 is 0. The van der Waals surface area contributed by atoms with Crippen molar-refractivity contribution in [3.05, 3.63) is 11.6 Å². The van der Waals surface area contributed by atoms with Gasteiger partial charge in [-0.2, -0.15) is 0 Å². The minimum absolute atomic E-state index is 0.103. The molecular formula is C21H32O3. The van der Waals surface area contributed by atoms with Gasteiger partial charge in [-0.3, -0.25) is 4.79 Å². The van der Waals surface area contributed by atoms with Gasteiger partial charge in [0.05, 0.1) is 12.7 Å². The molecule has 0 radical (unpaired) electrons. The predicted molar refractivity (Wildman–Crippen MR) is 93.3 cm³/mol. The molecule has 0 heterocycles. The van der Waals surface area contributed by atoms with Crippen molar-refractivity contribution in [2.45, 2.75) is 71.3 Å². The van der Waals surface area contributed by atoms with Crippen molar-refractivity contribution < 1.29 is 15.0 Å². The molecule has 3 nitrogen and oxygen atoms in total. The topological polar surface area (TPSA) is 57.5 Å². The molecule has 0 aromatic carbocycles. The van der Waals surface area contributed by atoms with Gasteiger partial charge in [0.1, 0.15) is 0 Å². The zero-order valence-corrected chi connectivity index (χ0v) is 15.1. The van der Waals surface area contributed by atoms with Crippen molar-refractivity contribution in [1.82, 2.24) is 0 Å². The van der Waals surface area contributed by atoms with E-state index in [0.717, 1.165) is 38.0 Å². The molecule has 4 aliphatic carbocycles. The number of aliphatic hydroxyl groups excluding tert-OH is 2. The first kappa shape index (κ1) is 16.8. The highest BCUT2D eigenvalue weighted by molar-refractivity contribution is 5.91. The number of fused-ring (bicyclic) bond motifs is 5. The van der Waals surface area contributed by atoms with Crippen molar-refractivity contribution in [2.75, 3.05) is 6.61 Å². The summed E-state index contributed by atoms with van der Waals surface area (Å²) in [6.45, 7) is 4.69. The van der Waals surface area contributed by atoms with Crippen LogP contribution in [0.3, 0.4) is 0 Å². The molecular weight excluding hydrogens is 300 g/mol. The van der Waals surface area contributed by atoms with E-state index in [4.69, 9.17) is 0 Å². The Kier molecular flexibility index (Phi) is 3.96. The number of aliphatic hydroxyl groups is 2. The Bertz CT molecular complexity index is 567. The molecule has 0 saturated heterocycles. The average molecular weight is 332 g/mol. The summed E-state index contributed by atoms with van der Waals surface area (Å²) in [7, 11) is 0. The van der Waals surface area contributed by atoms with E-state index < -0.39 is 6.10 Å². The van der Waals surface area contributed by atoms with E-state index in [2.05, 4.69) is 13.8 Å². The Morgan fingerprint density at radius 3 is 2.67 bits per heavy atom. The van der Waals surface area contributed by atoms with E-state index in [9.17, 15) is 15.0 Å². The van der Waals surface area contributed by atoms with Crippen LogP contribution >= 0.6 is 0 Å². The van der Waals surface area contributed by atoms with Gasteiger partial charge in [-0.25, -0.2) is 0 Å². The molecule has 0 aliphatic heterocycles. The molecule has 0 spiro atoms. The summed E-state index contributed by atoms with van der Waals surface area (Å²) in [4.78, 5) is 11.9. The molecule has 134 valence electrons. The van der Waals surface area contributed by atoms with Crippen LogP contribution in [0.1, 0.15) is 65.2 Å². The fraction of sp³-hybridized carbons (Fsp3) is 0.857. The lowest BCUT2D eigenvalue weighted by molar-refractivity contribution is -0.118. The molecule has 7 atom stereocenters. The van der Waals surface area contributed by atoms with Gasteiger partial charge < -0.3 is 10.2 Å². The number of hydrogen-bond acceptors (Lipinski definition) is 3. The van der Waals surface area contributed by atoms with E-state index in [1.165, 1.54) is 24.8 Å². The number of allylic oxidation sites excluding steroid dienone is 1. The SMILES string of the molecule is CC12CCC(=O)C=C1CCC1C2CC[C@@]2(C)C1CC[C@@H]2C(O)CO. The van der Waals surface area contributed by atoms with Crippen molar-refractivity contribution in [2.24, 2.45) is 34.5 Å². The minimum Gasteiger partial charge on any atom is -0.394 e. The van der Waals surface area contributed by atoms with Crippen LogP contribution in [0.4, 0.5) is 0 Å². The van der Waals surface area contributed by atoms with Crippen LogP contribution in [0.2, 0.25) is 0 Å². The van der Waals surface area contributed by atoms with Crippen molar-refractivity contribution in [3.8, 4) is 0 Å². The molecule has 0 aromatic heterocycles. The van der Waals surface area contributed by atoms with Gasteiger partial charge in [-0.05, 0) is 85.5 Å². The normalized spacial score (nSPS) is 49.0. The lowest BCUT2D eigenvalue weighted by atomic mass is 9.46. The van der Waals surface area contributed by atoms with E-state index in [1.807, 2.05) is 6.08 Å². The average Bonchev–Trinajstić information content (AvgIpc) is 2.92. The third-order valence-electron chi connectivity index (χ3n) is 8.69. The van der Waals surface area contributed by atoms with Gasteiger partial charge in [0.15, 0.2) is 5.78 Å². The lowest BCUT2D eigenvalue weighted by Gasteiger charge is -2.58. The molecule has 3 heteroatoms. The second-order valence-electron chi connectivity index (χ2n) is 9.45. The first-order chi connectivity index (χ1) is 11.4. The Morgan fingerprint density at radius 2 is 1.92 bits per heavy atom. The summed E-state index contributed by atoms with van der Waals surface area (Å²) in [6, 6.07) is 0. The minimum atomic E-state index is -0.557. The number of hydrogen-bond donors (Lipinski definition) is 2. The van der Waals surface area contributed by atoms with E-state index in [0.29, 0.717) is 17.6 Å². The maximum Gasteiger partial charge on any atom is 0.155 e. The Balaban J connectivity index is 1.63. The van der Waals surface area contributed by atoms with Crippen LogP contribution in [0, 0.1) is 34.5 Å². The third kappa shape index (κ3) is 2.20. The maximum atomic E-state index is 11.9. The van der Waals surface area contributed by atoms with Crippen LogP contribution < -0.4 is 0 Å². The largest absolute Gasteiger partial charge is 0.394 e. The van der Waals surface area contributed by atoms with Gasteiger partial charge in [-0.1, -0.05) is 19.4 Å². The van der Waals surface area contributed by atoms with E-state index in [1.54, 1.807) is 0 Å². The van der Waals surface area contributed by atoms with Gasteiger partial charge in [0.2, 0.25) is 0 Å². The third-order valence-corrected chi connectivity index (χ3v) is 8.69. The summed E-state index contributed by atoms with van der Waals surface area (Å²) in [5.41, 5.74) is 1.84. The maximum absolute atomic E-state index is 11.9. The Hall–Kier alpha value is -0.670. The first-order valence-corrected chi connectivity index (χ1v) is 9.93. The van der Waals surface area contributed by atoms with Crippen LogP contribution in [-0.4, -0.2) is 28.7 Å². The standard InChI is InChI=1S/C21H32O3/c1-20-9-7-14(23)11-13(20)3-4-15-16-5-6-18(19(24)12-22)21(16,2)10-8-17(15)20/h11,15-19,22,24H,3-10,12H2,1-2H3/t15?,16?,17?,18-,19?,20?,21+/m1/s1. The number of rotatable bonds is 2. The van der Waals surface area contributed by atoms with Crippen LogP contribution in [0.5, 0.6) is 0 Å². The zero-order valence-electron chi connectivity index (χ0n) is 15.1. The van der Waals surface area contributed by atoms with Crippen molar-refractivity contribution in [1.29, 1.82) is 0 Å². The summed E-state index contributed by atoms with van der Waals surface area (Å²) in [5.74, 6) is 2.70. The highest BCUT2D eigenvalue weighted by Crippen LogP contribution is 2.66. The molecule has 0 bridgehead atoms. The Labute approximate surface area is 145 Å². The van der Waals surface area contributed by atoms with Crippen LogP contribution in [0.25, 0.3) is 0 Å². The van der Waals surface area contributed by atoms with Gasteiger partial charge in [0.25, 0.3) is 0 Å². The second-order valence-corrected chi connectivity index (χ2v) is 9.45. The summed E-state index contributed by atoms with van der Waals surface area (Å²) in [6.07, 6.45) is 10.1. The first-order valence-electron chi connectivity index (χ1n) is 9.93. The fourth-order valence-electron chi connectivity index (χ4n) is 7.36. The molecule has 0 amide bonds. The van der Waals surface area contributed by atoms with Crippen LogP contribution in [0.15, 0.2) is 11.6 Å². The second kappa shape index (κ2) is 5.67. The number of carbonyl (C=O) groups excluding carboxylic acids is 1. The smallest absolute Gasteiger partial charge is 0.155 e. The molecule has 2 N–H and O–H groups in total. The summed E-state index contributed by atoms with van der Waals surface area (Å²) >= 11 is 0. The number of carbonyl (C=O) groups is 1. The van der Waals surface area contributed by atoms with Gasteiger partial charge >= 0.3 is 0 Å². The highest BCUT2D eigenvalue weighted by atomic mass is 16.3. The number of ketones is 1. The van der Waals surface area contributed by atoms with Crippen molar-refractivity contribution in [3.63, 3.8) is 0 Å². The molecule has 4 aliphatic rings. The quantitative estimate of drug-likeness (QED) is 0.814. The molecule has 5 unspecified atom stereocenters. The predicted octanol–water partition coefficient (Wildman–Crippen LogP) is 3.49. The molecule has 3 saturated carbocycles. The summed E-state index contributed by atoms with van der Waals surface area (Å²) in [5, 5.41) is 19.8. The highest BCUT2D eigenvalue weighted by Gasteiger charge is 2.59. The molecule has 24 heavy (non-hydrogen) atoms. The van der Waals surface area contributed by atoms with Crippen molar-refractivity contribution >= 4 is 5.78 Å². The Morgan fingerprint density at radius 1 is 1.12 bits per heavy atom. The van der Waals surface area contributed by atoms with E-state index in [-0.39, 0.29) is 23.4 Å². The van der Waals surface area contributed by atoms with Crippen LogP contribution in [-0.2, 0) is 4.79 Å². The van der Waals surface area contributed by atoms with E-state index >= 15 is 0 Å². The monoisotopic (exact) mass is 332 g/mol.